The van der Waals surface area contributed by atoms with Crippen molar-refractivity contribution in [1.82, 2.24) is 5.32 Å². The lowest BCUT2D eigenvalue weighted by atomic mass is 9.88. The number of hydrogen-bond donors (Lipinski definition) is 2. The molecule has 2 rings (SSSR count). The van der Waals surface area contributed by atoms with Gasteiger partial charge in [-0.1, -0.05) is 12.7 Å². The number of carbonyl (C=O) groups excluding carboxylic acids is 1. The fourth-order valence-corrected chi connectivity index (χ4v) is 2.43. The molecule has 1 saturated heterocycles. The summed E-state index contributed by atoms with van der Waals surface area (Å²) < 4.78 is 10.1. The number of alkyl carbamates (subject to hydrolysis) is 1. The Morgan fingerprint density at radius 2 is 2.35 bits per heavy atom. The average Bonchev–Trinajstić information content (AvgIpc) is 2.85. The van der Waals surface area contributed by atoms with Crippen LogP contribution in [-0.4, -0.2) is 42.5 Å². The van der Waals surface area contributed by atoms with E-state index < -0.39 is 17.5 Å². The molecule has 1 amide bonds. The zero-order valence-electron chi connectivity index (χ0n) is 9.35. The standard InChI is InChI=1S/C11H15NO5/c1-2-3-16-10(15)12-7-4-11(9(13)14)5-8(7)17-6-11/h2,7-8H,1,3-6H2,(H,12,15)(H,13,14)/t7-,8-,11+/m1/s1. The van der Waals surface area contributed by atoms with E-state index in [2.05, 4.69) is 11.9 Å². The summed E-state index contributed by atoms with van der Waals surface area (Å²) in [5, 5.41) is 11.8. The van der Waals surface area contributed by atoms with Gasteiger partial charge in [0, 0.05) is 0 Å². The molecule has 0 radical (unpaired) electrons. The second-order valence-electron chi connectivity index (χ2n) is 4.48. The van der Waals surface area contributed by atoms with Crippen LogP contribution < -0.4 is 5.32 Å². The summed E-state index contributed by atoms with van der Waals surface area (Å²) in [5.41, 5.74) is -0.832. The molecular formula is C11H15NO5. The van der Waals surface area contributed by atoms with Gasteiger partial charge in [0.1, 0.15) is 6.61 Å². The predicted octanol–water partition coefficient (Wildman–Crippen LogP) is 0.531. The van der Waals surface area contributed by atoms with Crippen LogP contribution in [0.15, 0.2) is 12.7 Å². The minimum atomic E-state index is -0.858. The van der Waals surface area contributed by atoms with Gasteiger partial charge in [-0.05, 0) is 12.8 Å². The molecular weight excluding hydrogens is 226 g/mol. The number of fused-ring (bicyclic) bond motifs is 2. The fraction of sp³-hybridized carbons (Fsp3) is 0.636. The van der Waals surface area contributed by atoms with Crippen LogP contribution in [0.25, 0.3) is 0 Å². The lowest BCUT2D eigenvalue weighted by Gasteiger charge is -2.26. The lowest BCUT2D eigenvalue weighted by Crippen LogP contribution is -2.45. The molecule has 0 aromatic heterocycles. The Kier molecular flexibility index (Phi) is 3.06. The Morgan fingerprint density at radius 3 is 2.94 bits per heavy atom. The molecule has 6 heteroatoms. The quantitative estimate of drug-likeness (QED) is 0.701. The second kappa shape index (κ2) is 4.37. The van der Waals surface area contributed by atoms with Crippen molar-refractivity contribution in [2.75, 3.05) is 13.2 Å². The van der Waals surface area contributed by atoms with Gasteiger partial charge in [0.05, 0.1) is 24.2 Å². The minimum absolute atomic E-state index is 0.133. The van der Waals surface area contributed by atoms with Gasteiger partial charge in [-0.25, -0.2) is 4.79 Å². The van der Waals surface area contributed by atoms with Crippen molar-refractivity contribution in [2.45, 2.75) is 25.0 Å². The van der Waals surface area contributed by atoms with E-state index in [0.717, 1.165) is 0 Å². The first-order chi connectivity index (χ1) is 8.07. The third-order valence-corrected chi connectivity index (χ3v) is 3.31. The molecule has 1 aliphatic carbocycles. The third-order valence-electron chi connectivity index (χ3n) is 3.31. The molecule has 2 aliphatic rings. The van der Waals surface area contributed by atoms with Crippen molar-refractivity contribution < 1.29 is 24.2 Å². The number of nitrogens with one attached hydrogen (secondary N) is 1. The Bertz CT molecular complexity index is 356. The van der Waals surface area contributed by atoms with Crippen LogP contribution in [0.5, 0.6) is 0 Å². The summed E-state index contributed by atoms with van der Waals surface area (Å²) in [7, 11) is 0. The van der Waals surface area contributed by atoms with Crippen molar-refractivity contribution in [3.05, 3.63) is 12.7 Å². The Labute approximate surface area is 98.6 Å². The molecule has 17 heavy (non-hydrogen) atoms. The first-order valence-electron chi connectivity index (χ1n) is 5.46. The van der Waals surface area contributed by atoms with Crippen LogP contribution >= 0.6 is 0 Å². The van der Waals surface area contributed by atoms with Crippen LogP contribution in [0.1, 0.15) is 12.8 Å². The second-order valence-corrected chi connectivity index (χ2v) is 4.48. The van der Waals surface area contributed by atoms with Gasteiger partial charge in [0.15, 0.2) is 0 Å². The minimum Gasteiger partial charge on any atom is -0.481 e. The van der Waals surface area contributed by atoms with Crippen molar-refractivity contribution in [1.29, 1.82) is 0 Å². The van der Waals surface area contributed by atoms with Crippen molar-refractivity contribution in [3.8, 4) is 0 Å². The van der Waals surface area contributed by atoms with Crippen LogP contribution in [0.3, 0.4) is 0 Å². The fourth-order valence-electron chi connectivity index (χ4n) is 2.43. The molecule has 1 aliphatic heterocycles. The normalized spacial score (nSPS) is 34.4. The SMILES string of the molecule is C=CCOC(=O)N[C@@H]1C[C@@]2(C(=O)O)CO[C@@H]1C2. The first-order valence-corrected chi connectivity index (χ1v) is 5.46. The van der Waals surface area contributed by atoms with Gasteiger partial charge in [0.2, 0.25) is 0 Å². The molecule has 0 aromatic carbocycles. The summed E-state index contributed by atoms with van der Waals surface area (Å²) in [5.74, 6) is -0.858. The number of amides is 1. The van der Waals surface area contributed by atoms with Crippen LogP contribution in [-0.2, 0) is 14.3 Å². The highest BCUT2D eigenvalue weighted by molar-refractivity contribution is 5.76. The molecule has 2 bridgehead atoms. The van der Waals surface area contributed by atoms with Crippen LogP contribution in [0, 0.1) is 5.41 Å². The maximum Gasteiger partial charge on any atom is 0.407 e. The summed E-state index contributed by atoms with van der Waals surface area (Å²) in [6, 6.07) is -0.280. The molecule has 0 unspecified atom stereocenters. The topological polar surface area (TPSA) is 84.9 Å². The van der Waals surface area contributed by atoms with Crippen LogP contribution in [0.2, 0.25) is 0 Å². The van der Waals surface area contributed by atoms with E-state index in [0.29, 0.717) is 12.8 Å². The van der Waals surface area contributed by atoms with E-state index in [1.807, 2.05) is 0 Å². The highest BCUT2D eigenvalue weighted by atomic mass is 16.5. The number of aliphatic carboxylic acids is 1. The maximum absolute atomic E-state index is 11.3. The van der Waals surface area contributed by atoms with Gasteiger partial charge in [0.25, 0.3) is 0 Å². The smallest absolute Gasteiger partial charge is 0.407 e. The van der Waals surface area contributed by atoms with Crippen LogP contribution in [0.4, 0.5) is 4.79 Å². The predicted molar refractivity (Wildman–Crippen MR) is 57.5 cm³/mol. The summed E-state index contributed by atoms with van der Waals surface area (Å²) in [4.78, 5) is 22.5. The van der Waals surface area contributed by atoms with E-state index in [4.69, 9.17) is 14.6 Å². The van der Waals surface area contributed by atoms with Crippen molar-refractivity contribution >= 4 is 12.1 Å². The third kappa shape index (κ3) is 2.12. The zero-order chi connectivity index (χ0) is 12.5. The monoisotopic (exact) mass is 241 g/mol. The van der Waals surface area contributed by atoms with Gasteiger partial charge >= 0.3 is 12.1 Å². The number of rotatable bonds is 4. The van der Waals surface area contributed by atoms with Gasteiger partial charge < -0.3 is 19.9 Å². The van der Waals surface area contributed by atoms with E-state index >= 15 is 0 Å². The molecule has 1 heterocycles. The number of carboxylic acid groups (broad SMARTS) is 1. The maximum atomic E-state index is 11.3. The molecule has 1 saturated carbocycles. The highest BCUT2D eigenvalue weighted by Gasteiger charge is 2.57. The number of carbonyl (C=O) groups is 2. The summed E-state index contributed by atoms with van der Waals surface area (Å²) in [6.45, 7) is 3.79. The highest BCUT2D eigenvalue weighted by Crippen LogP contribution is 2.46. The Balaban J connectivity index is 1.91. The molecule has 3 atom stereocenters. The van der Waals surface area contributed by atoms with Gasteiger partial charge in [-0.15, -0.1) is 0 Å². The van der Waals surface area contributed by atoms with E-state index in [1.54, 1.807) is 0 Å². The average molecular weight is 241 g/mol. The summed E-state index contributed by atoms with van der Waals surface area (Å²) in [6.07, 6.45) is 1.54. The molecule has 94 valence electrons. The van der Waals surface area contributed by atoms with Crippen molar-refractivity contribution in [2.24, 2.45) is 5.41 Å². The first kappa shape index (κ1) is 11.9. The molecule has 0 aromatic rings. The van der Waals surface area contributed by atoms with E-state index in [1.165, 1.54) is 6.08 Å². The van der Waals surface area contributed by atoms with Crippen molar-refractivity contribution in [3.63, 3.8) is 0 Å². The molecule has 2 fully saturated rings. The Morgan fingerprint density at radius 1 is 1.59 bits per heavy atom. The molecule has 2 N–H and O–H groups in total. The zero-order valence-corrected chi connectivity index (χ0v) is 9.35. The summed E-state index contributed by atoms with van der Waals surface area (Å²) >= 11 is 0. The largest absolute Gasteiger partial charge is 0.481 e. The van der Waals surface area contributed by atoms with Gasteiger partial charge in [-0.3, -0.25) is 4.79 Å². The molecule has 0 spiro atoms. The van der Waals surface area contributed by atoms with E-state index in [9.17, 15) is 9.59 Å². The Hall–Kier alpha value is -1.56. The lowest BCUT2D eigenvalue weighted by molar-refractivity contribution is -0.150. The number of ether oxygens (including phenoxy) is 2. The van der Waals surface area contributed by atoms with E-state index in [-0.39, 0.29) is 25.4 Å². The number of hydrogen-bond acceptors (Lipinski definition) is 4. The number of carboxylic acids is 1. The van der Waals surface area contributed by atoms with Gasteiger partial charge in [-0.2, -0.15) is 0 Å². The molecule has 6 nitrogen and oxygen atoms in total.